The average Bonchev–Trinajstić information content (AvgIpc) is 3.03. The minimum atomic E-state index is -4.93. The highest BCUT2D eigenvalue weighted by Crippen LogP contribution is 2.38. The molecule has 0 aromatic heterocycles. The minimum absolute atomic E-state index is 0.0117. The summed E-state index contributed by atoms with van der Waals surface area (Å²) in [5.74, 6) is -1.46. The molecule has 254 valence electrons. The van der Waals surface area contributed by atoms with Crippen molar-refractivity contribution in [2.75, 3.05) is 10.8 Å². The normalized spacial score (nSPS) is 12.4. The minimum Gasteiger partial charge on any atom is -0.352 e. The first kappa shape index (κ1) is 37.1. The van der Waals surface area contributed by atoms with Gasteiger partial charge >= 0.3 is 6.18 Å². The number of nitrogens with zero attached hydrogens (tertiary/aromatic N) is 2. The first-order valence-electron chi connectivity index (χ1n) is 14.6. The largest absolute Gasteiger partial charge is 0.417 e. The number of hydrogen-bond donors (Lipinski definition) is 1. The van der Waals surface area contributed by atoms with Gasteiger partial charge in [0.15, 0.2) is 0 Å². The lowest BCUT2D eigenvalue weighted by molar-refractivity contribution is -0.140. The maximum atomic E-state index is 14.5. The van der Waals surface area contributed by atoms with Gasteiger partial charge in [-0.25, -0.2) is 8.42 Å². The molecule has 0 spiro atoms. The van der Waals surface area contributed by atoms with Gasteiger partial charge in [0.2, 0.25) is 11.8 Å². The van der Waals surface area contributed by atoms with E-state index in [4.69, 9.17) is 34.8 Å². The molecule has 7 nitrogen and oxygen atoms in total. The van der Waals surface area contributed by atoms with Crippen LogP contribution < -0.4 is 9.62 Å². The van der Waals surface area contributed by atoms with E-state index >= 15 is 0 Å². The van der Waals surface area contributed by atoms with Gasteiger partial charge in [-0.15, -0.1) is 0 Å². The average molecular weight is 741 g/mol. The van der Waals surface area contributed by atoms with E-state index < -0.39 is 56.9 Å². The van der Waals surface area contributed by atoms with Crippen molar-refractivity contribution in [3.05, 3.63) is 129 Å². The molecule has 0 saturated heterocycles. The molecule has 48 heavy (non-hydrogen) atoms. The molecule has 14 heteroatoms. The standard InChI is InChI=1S/C34H31Cl3F3N3O4S/c1-22(2)41-33(45)31(18-23-10-5-3-6-11-23)42(20-26-28(35)14-9-15-29(26)36)32(44)21-43(48(46,47)25-12-7-4-8-13-25)24-16-17-30(37)27(19-24)34(38,39)40/h3-17,19,22,31H,18,20-21H2,1-2H3,(H,41,45). The number of halogens is 6. The number of hydrogen-bond acceptors (Lipinski definition) is 4. The molecule has 0 aliphatic heterocycles. The van der Waals surface area contributed by atoms with Crippen LogP contribution in [0.25, 0.3) is 0 Å². The molecule has 0 aliphatic rings. The molecule has 0 heterocycles. The van der Waals surface area contributed by atoms with Crippen molar-refractivity contribution >= 4 is 62.3 Å². The van der Waals surface area contributed by atoms with Crippen molar-refractivity contribution in [1.29, 1.82) is 0 Å². The van der Waals surface area contributed by atoms with Crippen LogP contribution >= 0.6 is 34.8 Å². The Kier molecular flexibility index (Phi) is 12.1. The summed E-state index contributed by atoms with van der Waals surface area (Å²) in [5.41, 5.74) is -0.787. The molecule has 2 amide bonds. The molecule has 1 N–H and O–H groups in total. The number of benzene rings is 4. The fraction of sp³-hybridized carbons (Fsp3) is 0.235. The fourth-order valence-electron chi connectivity index (χ4n) is 4.92. The van der Waals surface area contributed by atoms with Crippen LogP contribution in [0.3, 0.4) is 0 Å². The second-order valence-corrected chi connectivity index (χ2v) is 14.2. The van der Waals surface area contributed by atoms with Gasteiger partial charge in [0.1, 0.15) is 12.6 Å². The summed E-state index contributed by atoms with van der Waals surface area (Å²) >= 11 is 18.8. The van der Waals surface area contributed by atoms with E-state index in [-0.39, 0.29) is 39.5 Å². The third-order valence-corrected chi connectivity index (χ3v) is 10.1. The molecule has 1 unspecified atom stereocenters. The van der Waals surface area contributed by atoms with E-state index in [2.05, 4.69) is 5.32 Å². The van der Waals surface area contributed by atoms with Crippen LogP contribution in [-0.2, 0) is 38.8 Å². The molecule has 0 fully saturated rings. The quantitative estimate of drug-likeness (QED) is 0.160. The number of carbonyl (C=O) groups is 2. The Labute approximate surface area is 292 Å². The summed E-state index contributed by atoms with van der Waals surface area (Å²) in [6, 6.07) is 21.5. The zero-order chi connectivity index (χ0) is 35.2. The lowest BCUT2D eigenvalue weighted by atomic mass is 10.0. The van der Waals surface area contributed by atoms with Gasteiger partial charge in [-0.2, -0.15) is 13.2 Å². The van der Waals surface area contributed by atoms with E-state index in [1.54, 1.807) is 68.4 Å². The predicted molar refractivity (Wildman–Crippen MR) is 182 cm³/mol. The van der Waals surface area contributed by atoms with Gasteiger partial charge in [0, 0.05) is 34.6 Å². The zero-order valence-electron chi connectivity index (χ0n) is 25.7. The predicted octanol–water partition coefficient (Wildman–Crippen LogP) is 8.03. The van der Waals surface area contributed by atoms with E-state index in [1.807, 2.05) is 0 Å². The van der Waals surface area contributed by atoms with Crippen LogP contribution in [0.1, 0.15) is 30.5 Å². The summed E-state index contributed by atoms with van der Waals surface area (Å²) < 4.78 is 70.5. The van der Waals surface area contributed by atoms with Crippen LogP contribution in [0.2, 0.25) is 15.1 Å². The van der Waals surface area contributed by atoms with Crippen LogP contribution in [0.4, 0.5) is 18.9 Å². The second kappa shape index (κ2) is 15.6. The summed E-state index contributed by atoms with van der Waals surface area (Å²) in [4.78, 5) is 29.2. The Morgan fingerprint density at radius 1 is 0.812 bits per heavy atom. The van der Waals surface area contributed by atoms with Crippen LogP contribution in [-0.4, -0.2) is 43.8 Å². The van der Waals surface area contributed by atoms with Gasteiger partial charge in [-0.3, -0.25) is 13.9 Å². The third-order valence-electron chi connectivity index (χ3n) is 7.25. The Morgan fingerprint density at radius 2 is 1.40 bits per heavy atom. The number of rotatable bonds is 12. The molecule has 0 bridgehead atoms. The van der Waals surface area contributed by atoms with Gasteiger partial charge in [0.05, 0.1) is 21.2 Å². The summed E-state index contributed by atoms with van der Waals surface area (Å²) in [7, 11) is -4.65. The fourth-order valence-corrected chi connectivity index (χ4v) is 7.09. The van der Waals surface area contributed by atoms with Gasteiger partial charge in [-0.1, -0.05) is 89.4 Å². The Bertz CT molecular complexity index is 1840. The maximum absolute atomic E-state index is 14.5. The van der Waals surface area contributed by atoms with Gasteiger partial charge in [-0.05, 0) is 61.9 Å². The van der Waals surface area contributed by atoms with Crippen LogP contribution in [0.15, 0.2) is 102 Å². The topological polar surface area (TPSA) is 86.8 Å². The van der Waals surface area contributed by atoms with Crippen LogP contribution in [0.5, 0.6) is 0 Å². The molecule has 4 aromatic carbocycles. The molecule has 0 aliphatic carbocycles. The smallest absolute Gasteiger partial charge is 0.352 e. The Morgan fingerprint density at radius 3 is 1.96 bits per heavy atom. The summed E-state index contributed by atoms with van der Waals surface area (Å²) in [5, 5.41) is 2.53. The molecule has 1 atom stereocenters. The van der Waals surface area contributed by atoms with Crippen molar-refractivity contribution in [1.82, 2.24) is 10.2 Å². The highest BCUT2D eigenvalue weighted by Gasteiger charge is 2.38. The first-order chi connectivity index (χ1) is 22.6. The van der Waals surface area contributed by atoms with E-state index in [9.17, 15) is 31.2 Å². The van der Waals surface area contributed by atoms with E-state index in [0.29, 0.717) is 15.9 Å². The van der Waals surface area contributed by atoms with Crippen molar-refractivity contribution in [3.63, 3.8) is 0 Å². The molecule has 4 rings (SSSR count). The van der Waals surface area contributed by atoms with Gasteiger partial charge < -0.3 is 10.2 Å². The molecular formula is C34H31Cl3F3N3O4S. The van der Waals surface area contributed by atoms with Gasteiger partial charge in [0.25, 0.3) is 10.0 Å². The van der Waals surface area contributed by atoms with Crippen molar-refractivity contribution in [2.24, 2.45) is 0 Å². The summed E-state index contributed by atoms with van der Waals surface area (Å²) in [6.07, 6.45) is -4.92. The lowest BCUT2D eigenvalue weighted by Gasteiger charge is -2.34. The lowest BCUT2D eigenvalue weighted by Crippen LogP contribution is -2.54. The SMILES string of the molecule is CC(C)NC(=O)C(Cc1ccccc1)N(Cc1c(Cl)cccc1Cl)C(=O)CN(c1ccc(Cl)c(C(F)(F)F)c1)S(=O)(=O)c1ccccc1. The molecular weight excluding hydrogens is 710 g/mol. The Balaban J connectivity index is 1.89. The number of alkyl halides is 3. The number of anilines is 1. The van der Waals surface area contributed by atoms with Crippen LogP contribution in [0, 0.1) is 0 Å². The monoisotopic (exact) mass is 739 g/mol. The zero-order valence-corrected chi connectivity index (χ0v) is 28.8. The third kappa shape index (κ3) is 9.02. The van der Waals surface area contributed by atoms with Crippen molar-refractivity contribution in [3.8, 4) is 0 Å². The number of amides is 2. The second-order valence-electron chi connectivity index (χ2n) is 11.1. The Hall–Kier alpha value is -3.77. The first-order valence-corrected chi connectivity index (χ1v) is 17.2. The molecule has 0 radical (unpaired) electrons. The number of sulfonamides is 1. The summed E-state index contributed by atoms with van der Waals surface area (Å²) in [6.45, 7) is 2.16. The highest BCUT2D eigenvalue weighted by atomic mass is 35.5. The number of carbonyl (C=O) groups excluding carboxylic acids is 2. The maximum Gasteiger partial charge on any atom is 0.417 e. The highest BCUT2D eigenvalue weighted by molar-refractivity contribution is 7.92. The molecule has 0 saturated carbocycles. The van der Waals surface area contributed by atoms with Crippen molar-refractivity contribution in [2.45, 2.75) is 50.0 Å². The van der Waals surface area contributed by atoms with E-state index in [0.717, 1.165) is 17.0 Å². The number of nitrogens with one attached hydrogen (secondary N) is 1. The molecule has 4 aromatic rings. The van der Waals surface area contributed by atoms with E-state index in [1.165, 1.54) is 24.3 Å². The van der Waals surface area contributed by atoms with Crippen molar-refractivity contribution < 1.29 is 31.2 Å².